The van der Waals surface area contributed by atoms with Gasteiger partial charge in [-0.1, -0.05) is 0 Å². The molecule has 0 atom stereocenters. The molecule has 0 unspecified atom stereocenters. The van der Waals surface area contributed by atoms with E-state index in [1.165, 1.54) is 5.56 Å². The third-order valence-electron chi connectivity index (χ3n) is 2.83. The second-order valence-electron chi connectivity index (χ2n) is 4.03. The average molecular weight is 243 g/mol. The van der Waals surface area contributed by atoms with E-state index in [1.807, 2.05) is 24.3 Å². The van der Waals surface area contributed by atoms with Gasteiger partial charge in [0.05, 0.1) is 12.3 Å². The number of anilines is 1. The van der Waals surface area contributed by atoms with Crippen LogP contribution < -0.4 is 4.90 Å². The molecule has 2 aromatic rings. The van der Waals surface area contributed by atoms with Gasteiger partial charge < -0.3 is 10.0 Å². The summed E-state index contributed by atoms with van der Waals surface area (Å²) in [5.74, 6) is 0. The Hall–Kier alpha value is -1.94. The zero-order valence-electron chi connectivity index (χ0n) is 10.5. The van der Waals surface area contributed by atoms with Crippen LogP contribution in [0.2, 0.25) is 0 Å². The first-order chi connectivity index (χ1) is 8.83. The van der Waals surface area contributed by atoms with E-state index in [0.29, 0.717) is 5.69 Å². The van der Waals surface area contributed by atoms with E-state index in [9.17, 15) is 0 Å². The molecule has 0 aliphatic heterocycles. The van der Waals surface area contributed by atoms with Crippen LogP contribution in [0.3, 0.4) is 0 Å². The topological polar surface area (TPSA) is 49.2 Å². The van der Waals surface area contributed by atoms with Crippen LogP contribution in [0.25, 0.3) is 0 Å². The second-order valence-corrected chi connectivity index (χ2v) is 4.03. The lowest BCUT2D eigenvalue weighted by molar-refractivity contribution is 0.277. The fourth-order valence-electron chi connectivity index (χ4n) is 1.84. The molecule has 0 fully saturated rings. The van der Waals surface area contributed by atoms with E-state index in [4.69, 9.17) is 5.11 Å². The summed E-state index contributed by atoms with van der Waals surface area (Å²) in [5, 5.41) is 9.12. The molecule has 0 bridgehead atoms. The van der Waals surface area contributed by atoms with Crippen molar-refractivity contribution in [3.8, 4) is 0 Å². The molecule has 0 aliphatic carbocycles. The van der Waals surface area contributed by atoms with Crippen LogP contribution in [0.5, 0.6) is 0 Å². The predicted octanol–water partition coefficient (Wildman–Crippen LogP) is 2.00. The molecular formula is C14H17N3O. The highest BCUT2D eigenvalue weighted by Crippen LogP contribution is 2.17. The fourth-order valence-corrected chi connectivity index (χ4v) is 1.84. The Kier molecular flexibility index (Phi) is 4.25. The summed E-state index contributed by atoms with van der Waals surface area (Å²) in [6.07, 6.45) is 5.33. The van der Waals surface area contributed by atoms with Gasteiger partial charge in [0.15, 0.2) is 0 Å². The SMILES string of the molecule is CCN(Cc1ccncc1)c1ccnc(CO)c1. The van der Waals surface area contributed by atoms with Crippen molar-refractivity contribution in [2.45, 2.75) is 20.1 Å². The third-order valence-corrected chi connectivity index (χ3v) is 2.83. The molecule has 0 aromatic carbocycles. The van der Waals surface area contributed by atoms with E-state index in [2.05, 4.69) is 21.8 Å². The van der Waals surface area contributed by atoms with Gasteiger partial charge in [-0.2, -0.15) is 0 Å². The van der Waals surface area contributed by atoms with Crippen molar-refractivity contribution in [3.63, 3.8) is 0 Å². The molecule has 0 radical (unpaired) electrons. The Bertz CT molecular complexity index is 487. The highest BCUT2D eigenvalue weighted by atomic mass is 16.3. The smallest absolute Gasteiger partial charge is 0.0853 e. The van der Waals surface area contributed by atoms with Crippen LogP contribution in [-0.2, 0) is 13.2 Å². The Morgan fingerprint density at radius 1 is 1.17 bits per heavy atom. The maximum Gasteiger partial charge on any atom is 0.0853 e. The fraction of sp³-hybridized carbons (Fsp3) is 0.286. The molecule has 0 saturated heterocycles. The number of aliphatic hydroxyl groups is 1. The van der Waals surface area contributed by atoms with Crippen molar-refractivity contribution in [1.82, 2.24) is 9.97 Å². The monoisotopic (exact) mass is 243 g/mol. The van der Waals surface area contributed by atoms with Gasteiger partial charge in [-0.3, -0.25) is 9.97 Å². The van der Waals surface area contributed by atoms with Crippen molar-refractivity contribution in [2.75, 3.05) is 11.4 Å². The van der Waals surface area contributed by atoms with Gasteiger partial charge >= 0.3 is 0 Å². The molecular weight excluding hydrogens is 226 g/mol. The first-order valence-electron chi connectivity index (χ1n) is 6.03. The van der Waals surface area contributed by atoms with Crippen molar-refractivity contribution in [1.29, 1.82) is 0 Å². The normalized spacial score (nSPS) is 10.3. The molecule has 2 aromatic heterocycles. The summed E-state index contributed by atoms with van der Waals surface area (Å²) in [6.45, 7) is 3.81. The highest BCUT2D eigenvalue weighted by Gasteiger charge is 2.06. The van der Waals surface area contributed by atoms with Gasteiger partial charge in [-0.15, -0.1) is 0 Å². The third kappa shape index (κ3) is 3.05. The second kappa shape index (κ2) is 6.12. The minimum absolute atomic E-state index is 0.0271. The molecule has 1 N–H and O–H groups in total. The lowest BCUT2D eigenvalue weighted by atomic mass is 10.2. The number of nitrogens with zero attached hydrogens (tertiary/aromatic N) is 3. The summed E-state index contributed by atoms with van der Waals surface area (Å²) >= 11 is 0. The van der Waals surface area contributed by atoms with Gasteiger partial charge in [0.2, 0.25) is 0 Å². The van der Waals surface area contributed by atoms with Crippen molar-refractivity contribution >= 4 is 5.69 Å². The van der Waals surface area contributed by atoms with Crippen LogP contribution >= 0.6 is 0 Å². The predicted molar refractivity (Wildman–Crippen MR) is 71.1 cm³/mol. The van der Waals surface area contributed by atoms with Crippen LogP contribution in [0.1, 0.15) is 18.2 Å². The molecule has 2 rings (SSSR count). The number of aliphatic hydroxyl groups excluding tert-OH is 1. The maximum atomic E-state index is 9.12. The van der Waals surface area contributed by atoms with Gasteiger partial charge in [0, 0.05) is 37.4 Å². The first kappa shape index (κ1) is 12.5. The summed E-state index contributed by atoms with van der Waals surface area (Å²) in [4.78, 5) is 10.3. The average Bonchev–Trinajstić information content (AvgIpc) is 2.46. The quantitative estimate of drug-likeness (QED) is 0.872. The molecule has 0 aliphatic rings. The van der Waals surface area contributed by atoms with Gasteiger partial charge in [-0.05, 0) is 36.8 Å². The zero-order chi connectivity index (χ0) is 12.8. The Labute approximate surface area is 107 Å². The van der Waals surface area contributed by atoms with Crippen molar-refractivity contribution in [3.05, 3.63) is 54.1 Å². The van der Waals surface area contributed by atoms with E-state index in [1.54, 1.807) is 18.6 Å². The molecule has 0 spiro atoms. The minimum Gasteiger partial charge on any atom is -0.390 e. The molecule has 0 amide bonds. The summed E-state index contributed by atoms with van der Waals surface area (Å²) in [5.41, 5.74) is 2.99. The molecule has 4 heteroatoms. The van der Waals surface area contributed by atoms with Crippen molar-refractivity contribution < 1.29 is 5.11 Å². The number of hydrogen-bond donors (Lipinski definition) is 1. The van der Waals surface area contributed by atoms with E-state index in [-0.39, 0.29) is 6.61 Å². The highest BCUT2D eigenvalue weighted by molar-refractivity contribution is 5.46. The largest absolute Gasteiger partial charge is 0.390 e. The lowest BCUT2D eigenvalue weighted by Crippen LogP contribution is -2.22. The number of pyridine rings is 2. The van der Waals surface area contributed by atoms with Crippen LogP contribution in [0.15, 0.2) is 42.9 Å². The minimum atomic E-state index is -0.0271. The summed E-state index contributed by atoms with van der Waals surface area (Å²) in [7, 11) is 0. The Morgan fingerprint density at radius 2 is 1.94 bits per heavy atom. The van der Waals surface area contributed by atoms with Crippen LogP contribution in [0, 0.1) is 0 Å². The van der Waals surface area contributed by atoms with E-state index < -0.39 is 0 Å². The van der Waals surface area contributed by atoms with Crippen molar-refractivity contribution in [2.24, 2.45) is 0 Å². The number of hydrogen-bond acceptors (Lipinski definition) is 4. The Morgan fingerprint density at radius 3 is 2.61 bits per heavy atom. The standard InChI is InChI=1S/C14H17N3O/c1-2-17(10-12-3-6-15-7-4-12)14-5-8-16-13(9-14)11-18/h3-9,18H,2,10-11H2,1H3. The van der Waals surface area contributed by atoms with E-state index in [0.717, 1.165) is 18.8 Å². The Balaban J connectivity index is 2.17. The van der Waals surface area contributed by atoms with Crippen LogP contribution in [-0.4, -0.2) is 21.6 Å². The molecule has 4 nitrogen and oxygen atoms in total. The lowest BCUT2D eigenvalue weighted by Gasteiger charge is -2.23. The zero-order valence-corrected chi connectivity index (χ0v) is 10.5. The summed E-state index contributed by atoms with van der Waals surface area (Å²) in [6, 6.07) is 7.90. The molecule has 0 saturated carbocycles. The van der Waals surface area contributed by atoms with Gasteiger partial charge in [-0.25, -0.2) is 0 Å². The summed E-state index contributed by atoms with van der Waals surface area (Å²) < 4.78 is 0. The van der Waals surface area contributed by atoms with E-state index >= 15 is 0 Å². The molecule has 94 valence electrons. The number of rotatable bonds is 5. The first-order valence-corrected chi connectivity index (χ1v) is 6.03. The number of aromatic nitrogens is 2. The van der Waals surface area contributed by atoms with Crippen LogP contribution in [0.4, 0.5) is 5.69 Å². The van der Waals surface area contributed by atoms with Gasteiger partial charge in [0.25, 0.3) is 0 Å². The molecule has 18 heavy (non-hydrogen) atoms. The molecule has 2 heterocycles. The maximum absolute atomic E-state index is 9.12. The van der Waals surface area contributed by atoms with Gasteiger partial charge in [0.1, 0.15) is 0 Å².